The quantitative estimate of drug-likeness (QED) is 0.311. The Morgan fingerprint density at radius 2 is 2.00 bits per heavy atom. The molecule has 0 N–H and O–H groups in total. The molecule has 0 aliphatic carbocycles. The van der Waals surface area contributed by atoms with Gasteiger partial charge in [0.25, 0.3) is 0 Å². The van der Waals surface area contributed by atoms with Gasteiger partial charge in [-0.05, 0) is 0 Å². The molecule has 0 radical (unpaired) electrons. The van der Waals surface area contributed by atoms with E-state index in [1.54, 1.807) is 6.92 Å². The van der Waals surface area contributed by atoms with Gasteiger partial charge in [-0.1, -0.05) is 0 Å². The third-order valence-electron chi connectivity index (χ3n) is 0.597. The van der Waals surface area contributed by atoms with Crippen molar-refractivity contribution < 1.29 is 17.0 Å². The number of hydrogen-bond acceptors (Lipinski definition) is 1. The molecule has 0 aromatic rings. The summed E-state index contributed by atoms with van der Waals surface area (Å²) >= 11 is 2.35. The van der Waals surface area contributed by atoms with E-state index in [-0.39, 0.29) is 0 Å². The molecule has 49 valence electrons. The Kier molecular flexibility index (Phi) is 4.55. The van der Waals surface area contributed by atoms with E-state index in [4.69, 9.17) is 0 Å². The second-order valence-electron chi connectivity index (χ2n) is 1.54. The van der Waals surface area contributed by atoms with E-state index in [0.717, 1.165) is 10.2 Å². The predicted molar refractivity (Wildman–Crippen MR) is 36.9 cm³/mol. The second-order valence-corrected chi connectivity index (χ2v) is 2.55. The van der Waals surface area contributed by atoms with Gasteiger partial charge in [-0.3, -0.25) is 0 Å². The van der Waals surface area contributed by atoms with Crippen LogP contribution >= 0.6 is 0 Å². The van der Waals surface area contributed by atoms with E-state index in [9.17, 15) is 0 Å². The van der Waals surface area contributed by atoms with Crippen LogP contribution in [0.25, 0.3) is 0 Å². The van der Waals surface area contributed by atoms with Crippen molar-refractivity contribution >= 4 is 16.4 Å². The van der Waals surface area contributed by atoms with Gasteiger partial charge in [-0.2, -0.15) is 0 Å². The van der Waals surface area contributed by atoms with Gasteiger partial charge < -0.3 is 0 Å². The molecule has 0 aliphatic rings. The molecule has 0 atom stereocenters. The zero-order valence-corrected chi connectivity index (χ0v) is 7.24. The minimum absolute atomic E-state index is 0.746. The van der Waals surface area contributed by atoms with E-state index >= 15 is 0 Å². The van der Waals surface area contributed by atoms with Crippen LogP contribution in [0.2, 0.25) is 0 Å². The van der Waals surface area contributed by atoms with Gasteiger partial charge in [0.15, 0.2) is 0 Å². The van der Waals surface area contributed by atoms with E-state index in [0.29, 0.717) is 0 Å². The topological polar surface area (TPSA) is 24.7 Å². The molecule has 9 heavy (non-hydrogen) atoms. The van der Waals surface area contributed by atoms with Crippen molar-refractivity contribution in [2.75, 3.05) is 0 Å². The molecule has 0 spiro atoms. The van der Waals surface area contributed by atoms with Crippen molar-refractivity contribution in [1.82, 2.24) is 0 Å². The van der Waals surface area contributed by atoms with Gasteiger partial charge in [0.05, 0.1) is 0 Å². The normalized spacial score (nSPS) is 12.4. The van der Waals surface area contributed by atoms with Crippen LogP contribution in [-0.2, 0) is 17.0 Å². The Bertz CT molecular complexity index is 158. The molecule has 3 heteroatoms. The minimum atomic E-state index is 0.746. The summed E-state index contributed by atoms with van der Waals surface area (Å²) in [5.74, 6) is 0.746. The average Bonchev–Trinajstić information content (AvgIpc) is 1.63. The molecule has 0 rings (SSSR count). The number of amidine groups is 1. The summed E-state index contributed by atoms with van der Waals surface area (Å²) in [5.41, 5.74) is 0. The monoisotopic (exact) mass is 160 g/mol. The van der Waals surface area contributed by atoms with Crippen LogP contribution in [0.15, 0.2) is 9.98 Å². The average molecular weight is 160 g/mol. The van der Waals surface area contributed by atoms with Gasteiger partial charge in [0, 0.05) is 0 Å². The Morgan fingerprint density at radius 1 is 1.44 bits per heavy atom. The van der Waals surface area contributed by atoms with Crippen molar-refractivity contribution in [3.05, 3.63) is 0 Å². The van der Waals surface area contributed by atoms with E-state index in [1.165, 1.54) is 0 Å². The van der Waals surface area contributed by atoms with Gasteiger partial charge >= 0.3 is 64.1 Å². The molecule has 0 aromatic carbocycles. The molecular weight excluding hydrogens is 151 g/mol. The summed E-state index contributed by atoms with van der Waals surface area (Å²) in [5, 5.41) is 0. The van der Waals surface area contributed by atoms with Crippen molar-refractivity contribution in [2.45, 2.75) is 20.8 Å². The Labute approximate surface area is 64.6 Å². The zero-order valence-electron chi connectivity index (χ0n) is 5.84. The molecule has 0 saturated heterocycles. The zero-order chi connectivity index (χ0) is 7.28. The van der Waals surface area contributed by atoms with Crippen molar-refractivity contribution in [3.63, 3.8) is 0 Å². The number of aliphatic imine (C=N–C) groups is 2. The van der Waals surface area contributed by atoms with Crippen LogP contribution in [0.4, 0.5) is 0 Å². The molecular formula is C6H9N2V-. The summed E-state index contributed by atoms with van der Waals surface area (Å²) in [6.45, 7) is 5.50. The fraction of sp³-hybridized carbons (Fsp3) is 0.500. The van der Waals surface area contributed by atoms with Gasteiger partial charge in [-0.15, -0.1) is 0 Å². The van der Waals surface area contributed by atoms with Crippen LogP contribution in [0.5, 0.6) is 0 Å². The number of rotatable bonds is 1. The molecule has 0 bridgehead atoms. The Hall–Kier alpha value is -0.206. The second kappa shape index (κ2) is 4.65. The Balaban J connectivity index is 4.00. The van der Waals surface area contributed by atoms with Crippen molar-refractivity contribution in [1.29, 1.82) is 0 Å². The number of nitrogens with zero attached hydrogens (tertiary/aromatic N) is 2. The first-order valence-electron chi connectivity index (χ1n) is 2.62. The molecule has 0 unspecified atom stereocenters. The Morgan fingerprint density at radius 3 is 2.33 bits per heavy atom. The summed E-state index contributed by atoms with van der Waals surface area (Å²) in [6.07, 6.45) is 2.65. The van der Waals surface area contributed by atoms with Crippen molar-refractivity contribution in [2.24, 2.45) is 9.98 Å². The maximum absolute atomic E-state index is 4.04. The predicted octanol–water partition coefficient (Wildman–Crippen LogP) is 1.07. The van der Waals surface area contributed by atoms with Crippen molar-refractivity contribution in [3.8, 4) is 0 Å². The molecule has 0 aromatic heterocycles. The first-order chi connectivity index (χ1) is 4.16. The third-order valence-corrected chi connectivity index (χ3v) is 0.753. The fourth-order valence-electron chi connectivity index (χ4n) is 0.421. The van der Waals surface area contributed by atoms with Gasteiger partial charge in [0.2, 0.25) is 0 Å². The standard InChI is InChI=1S/C6H9N2.V/c1-4-7-6(3)8-5-2;/h1-3H3;/q-1;. The van der Waals surface area contributed by atoms with E-state index in [2.05, 4.69) is 33.2 Å². The third kappa shape index (κ3) is 5.67. The SMILES string of the molecule is C[C-]=NC(C)=N[C](C)=[V]. The van der Waals surface area contributed by atoms with Gasteiger partial charge in [-0.25, -0.2) is 0 Å². The number of hydrogen-bond donors (Lipinski definition) is 0. The van der Waals surface area contributed by atoms with Crippen LogP contribution in [-0.4, -0.2) is 16.4 Å². The van der Waals surface area contributed by atoms with Crippen LogP contribution in [0.3, 0.4) is 0 Å². The molecule has 0 saturated carbocycles. The van der Waals surface area contributed by atoms with E-state index in [1.807, 2.05) is 13.8 Å². The summed E-state index contributed by atoms with van der Waals surface area (Å²) in [4.78, 5) is 7.88. The summed E-state index contributed by atoms with van der Waals surface area (Å²) in [6, 6.07) is 0. The molecule has 0 fully saturated rings. The summed E-state index contributed by atoms with van der Waals surface area (Å²) in [7, 11) is 0. The summed E-state index contributed by atoms with van der Waals surface area (Å²) < 4.78 is 0.957. The molecule has 0 amide bonds. The molecule has 0 heterocycles. The van der Waals surface area contributed by atoms with Crippen LogP contribution in [0, 0.1) is 0 Å². The maximum atomic E-state index is 4.04. The first kappa shape index (κ1) is 8.79. The molecule has 2 nitrogen and oxygen atoms in total. The fourth-order valence-corrected chi connectivity index (χ4v) is 0.647. The van der Waals surface area contributed by atoms with Crippen LogP contribution < -0.4 is 0 Å². The van der Waals surface area contributed by atoms with Gasteiger partial charge in [0.1, 0.15) is 0 Å². The molecule has 0 aliphatic heterocycles. The van der Waals surface area contributed by atoms with Crippen LogP contribution in [0.1, 0.15) is 20.8 Å². The first-order valence-corrected chi connectivity index (χ1v) is 3.32. The van der Waals surface area contributed by atoms with E-state index < -0.39 is 0 Å².